The maximum absolute atomic E-state index is 12.5. The molecule has 1 saturated heterocycles. The molecule has 0 bridgehead atoms. The van der Waals surface area contributed by atoms with Gasteiger partial charge in [-0.2, -0.15) is 0 Å². The minimum Gasteiger partial charge on any atom is -0.497 e. The van der Waals surface area contributed by atoms with Crippen LogP contribution in [0.15, 0.2) is 48.5 Å². The van der Waals surface area contributed by atoms with Crippen molar-refractivity contribution >= 4 is 11.8 Å². The highest BCUT2D eigenvalue weighted by atomic mass is 16.5. The summed E-state index contributed by atoms with van der Waals surface area (Å²) in [6.07, 6.45) is 1.17. The molecule has 0 unspecified atom stereocenters. The first kappa shape index (κ1) is 20.7. The van der Waals surface area contributed by atoms with E-state index in [2.05, 4.69) is 0 Å². The van der Waals surface area contributed by atoms with E-state index in [-0.39, 0.29) is 18.4 Å². The normalized spacial score (nSPS) is 13.9. The van der Waals surface area contributed by atoms with Gasteiger partial charge in [-0.15, -0.1) is 0 Å². The molecular formula is C23H28N2O4. The number of hydrogen-bond acceptors (Lipinski definition) is 4. The number of carbonyl (C=O) groups is 2. The first-order valence-corrected chi connectivity index (χ1v) is 9.93. The fourth-order valence-electron chi connectivity index (χ4n) is 3.36. The van der Waals surface area contributed by atoms with Gasteiger partial charge in [-0.05, 0) is 42.7 Å². The van der Waals surface area contributed by atoms with Crippen LogP contribution in [0.2, 0.25) is 0 Å². The quantitative estimate of drug-likeness (QED) is 0.722. The van der Waals surface area contributed by atoms with Crippen LogP contribution in [-0.2, 0) is 16.0 Å². The number of para-hydroxylation sites is 1. The summed E-state index contributed by atoms with van der Waals surface area (Å²) < 4.78 is 10.8. The molecule has 1 heterocycles. The van der Waals surface area contributed by atoms with E-state index in [1.165, 1.54) is 0 Å². The molecule has 3 rings (SSSR count). The third-order valence-electron chi connectivity index (χ3n) is 5.22. The summed E-state index contributed by atoms with van der Waals surface area (Å²) in [6.45, 7) is 4.20. The van der Waals surface area contributed by atoms with Crippen LogP contribution in [0.25, 0.3) is 0 Å². The first-order valence-electron chi connectivity index (χ1n) is 9.93. The molecule has 6 heteroatoms. The summed E-state index contributed by atoms with van der Waals surface area (Å²) >= 11 is 0. The van der Waals surface area contributed by atoms with Gasteiger partial charge in [0.2, 0.25) is 5.91 Å². The topological polar surface area (TPSA) is 59.1 Å². The minimum absolute atomic E-state index is 0.0241. The van der Waals surface area contributed by atoms with E-state index < -0.39 is 0 Å². The molecule has 0 spiro atoms. The van der Waals surface area contributed by atoms with E-state index in [9.17, 15) is 9.59 Å². The molecule has 0 N–H and O–H groups in total. The number of benzene rings is 2. The third kappa shape index (κ3) is 5.73. The number of aryl methyl sites for hydroxylation is 2. The zero-order valence-electron chi connectivity index (χ0n) is 17.1. The van der Waals surface area contributed by atoms with Crippen LogP contribution in [0.4, 0.5) is 0 Å². The van der Waals surface area contributed by atoms with Crippen molar-refractivity contribution in [2.24, 2.45) is 0 Å². The molecule has 29 heavy (non-hydrogen) atoms. The molecule has 0 saturated carbocycles. The maximum atomic E-state index is 12.5. The Morgan fingerprint density at radius 1 is 0.897 bits per heavy atom. The zero-order chi connectivity index (χ0) is 20.6. The molecule has 0 aromatic heterocycles. The van der Waals surface area contributed by atoms with E-state index in [4.69, 9.17) is 9.47 Å². The Bertz CT molecular complexity index is 827. The Kier molecular flexibility index (Phi) is 7.11. The zero-order valence-corrected chi connectivity index (χ0v) is 17.1. The maximum Gasteiger partial charge on any atom is 0.260 e. The summed E-state index contributed by atoms with van der Waals surface area (Å²) in [5.41, 5.74) is 2.12. The average molecular weight is 396 g/mol. The standard InChI is InChI=1S/C23H28N2O4/c1-18-5-3-4-6-21(18)29-17-23(27)25-15-13-24(14-16-25)22(26)12-9-19-7-10-20(28-2)11-8-19/h3-8,10-11H,9,12-17H2,1-2H3. The SMILES string of the molecule is COc1ccc(CCC(=O)N2CCN(C(=O)COc3ccccc3C)CC2)cc1. The van der Waals surface area contributed by atoms with E-state index in [0.717, 1.165) is 22.6 Å². The molecule has 1 aliphatic rings. The van der Waals surface area contributed by atoms with Crippen molar-refractivity contribution in [1.29, 1.82) is 0 Å². The molecule has 0 atom stereocenters. The summed E-state index contributed by atoms with van der Waals surface area (Å²) in [4.78, 5) is 28.5. The number of hydrogen-bond donors (Lipinski definition) is 0. The van der Waals surface area contributed by atoms with Gasteiger partial charge >= 0.3 is 0 Å². The Morgan fingerprint density at radius 3 is 2.14 bits per heavy atom. The van der Waals surface area contributed by atoms with Gasteiger partial charge in [0.25, 0.3) is 5.91 Å². The molecule has 2 aromatic carbocycles. The predicted molar refractivity (Wildman–Crippen MR) is 111 cm³/mol. The summed E-state index contributed by atoms with van der Waals surface area (Å²) in [5.74, 6) is 1.63. The lowest BCUT2D eigenvalue weighted by Gasteiger charge is -2.34. The molecule has 6 nitrogen and oxygen atoms in total. The molecular weight excluding hydrogens is 368 g/mol. The van der Waals surface area contributed by atoms with Crippen LogP contribution in [0, 0.1) is 6.92 Å². The second-order valence-electron chi connectivity index (χ2n) is 7.16. The highest BCUT2D eigenvalue weighted by Crippen LogP contribution is 2.17. The van der Waals surface area contributed by atoms with Gasteiger partial charge in [0.1, 0.15) is 11.5 Å². The summed E-state index contributed by atoms with van der Waals surface area (Å²) in [6, 6.07) is 15.4. The van der Waals surface area contributed by atoms with Crippen molar-refractivity contribution < 1.29 is 19.1 Å². The van der Waals surface area contributed by atoms with Crippen molar-refractivity contribution in [3.63, 3.8) is 0 Å². The fraction of sp³-hybridized carbons (Fsp3) is 0.391. The van der Waals surface area contributed by atoms with Gasteiger partial charge < -0.3 is 19.3 Å². The Labute approximate surface area is 172 Å². The largest absolute Gasteiger partial charge is 0.497 e. The van der Waals surface area contributed by atoms with Crippen LogP contribution in [0.3, 0.4) is 0 Å². The van der Waals surface area contributed by atoms with Gasteiger partial charge in [-0.3, -0.25) is 9.59 Å². The summed E-state index contributed by atoms with van der Waals surface area (Å²) in [7, 11) is 1.64. The van der Waals surface area contributed by atoms with E-state index in [0.29, 0.717) is 39.0 Å². The van der Waals surface area contributed by atoms with Gasteiger partial charge in [-0.1, -0.05) is 30.3 Å². The number of ether oxygens (including phenoxy) is 2. The van der Waals surface area contributed by atoms with Crippen molar-refractivity contribution in [1.82, 2.24) is 9.80 Å². The van der Waals surface area contributed by atoms with Crippen molar-refractivity contribution in [2.75, 3.05) is 39.9 Å². The molecule has 2 aromatic rings. The Morgan fingerprint density at radius 2 is 1.52 bits per heavy atom. The smallest absolute Gasteiger partial charge is 0.260 e. The molecule has 154 valence electrons. The van der Waals surface area contributed by atoms with Gasteiger partial charge in [-0.25, -0.2) is 0 Å². The van der Waals surface area contributed by atoms with Gasteiger partial charge in [0.05, 0.1) is 7.11 Å². The summed E-state index contributed by atoms with van der Waals surface area (Å²) in [5, 5.41) is 0. The second kappa shape index (κ2) is 9.96. The molecule has 1 aliphatic heterocycles. The second-order valence-corrected chi connectivity index (χ2v) is 7.16. The van der Waals surface area contributed by atoms with Crippen molar-refractivity contribution in [3.8, 4) is 11.5 Å². The van der Waals surface area contributed by atoms with Crippen molar-refractivity contribution in [2.45, 2.75) is 19.8 Å². The van der Waals surface area contributed by atoms with E-state index in [1.54, 1.807) is 12.0 Å². The highest BCUT2D eigenvalue weighted by Gasteiger charge is 2.24. The van der Waals surface area contributed by atoms with Gasteiger partial charge in [0, 0.05) is 32.6 Å². The molecule has 1 fully saturated rings. The lowest BCUT2D eigenvalue weighted by Crippen LogP contribution is -2.51. The van der Waals surface area contributed by atoms with Crippen LogP contribution >= 0.6 is 0 Å². The molecule has 2 amide bonds. The number of carbonyl (C=O) groups excluding carboxylic acids is 2. The van der Waals surface area contributed by atoms with Crippen LogP contribution < -0.4 is 9.47 Å². The monoisotopic (exact) mass is 396 g/mol. The van der Waals surface area contributed by atoms with Crippen molar-refractivity contribution in [3.05, 3.63) is 59.7 Å². The first-order chi connectivity index (χ1) is 14.1. The average Bonchev–Trinajstić information content (AvgIpc) is 2.77. The number of rotatable bonds is 7. The molecule has 0 aliphatic carbocycles. The van der Waals surface area contributed by atoms with Crippen LogP contribution in [0.1, 0.15) is 17.5 Å². The van der Waals surface area contributed by atoms with Crippen LogP contribution in [-0.4, -0.2) is 61.5 Å². The molecule has 0 radical (unpaired) electrons. The Balaban J connectivity index is 1.40. The number of methoxy groups -OCH3 is 1. The number of amides is 2. The van der Waals surface area contributed by atoms with E-state index >= 15 is 0 Å². The highest BCUT2D eigenvalue weighted by molar-refractivity contribution is 5.79. The fourth-order valence-corrected chi connectivity index (χ4v) is 3.36. The Hall–Kier alpha value is -3.02. The minimum atomic E-state index is -0.0430. The number of piperazine rings is 1. The van der Waals surface area contributed by atoms with Crippen LogP contribution in [0.5, 0.6) is 11.5 Å². The van der Waals surface area contributed by atoms with Gasteiger partial charge in [0.15, 0.2) is 6.61 Å². The predicted octanol–water partition coefficient (Wildman–Crippen LogP) is 2.69. The van der Waals surface area contributed by atoms with E-state index in [1.807, 2.05) is 60.4 Å². The lowest BCUT2D eigenvalue weighted by atomic mass is 10.1. The lowest BCUT2D eigenvalue weighted by molar-refractivity contribution is -0.140. The third-order valence-corrected chi connectivity index (χ3v) is 5.22. The number of nitrogens with zero attached hydrogens (tertiary/aromatic N) is 2.